The van der Waals surface area contributed by atoms with Crippen LogP contribution in [0.3, 0.4) is 0 Å². The summed E-state index contributed by atoms with van der Waals surface area (Å²) >= 11 is 0. The Morgan fingerprint density at radius 3 is 2.55 bits per heavy atom. The molecule has 1 aliphatic carbocycles. The van der Waals surface area contributed by atoms with Gasteiger partial charge in [-0.3, -0.25) is 0 Å². The van der Waals surface area contributed by atoms with Crippen LogP contribution in [0, 0.1) is 0 Å². The lowest BCUT2D eigenvalue weighted by molar-refractivity contribution is 0.156. The van der Waals surface area contributed by atoms with Gasteiger partial charge in [-0.25, -0.2) is 8.42 Å². The van der Waals surface area contributed by atoms with Crippen LogP contribution in [0.25, 0.3) is 0 Å². The molecule has 1 aliphatic rings. The number of ether oxygens (including phenoxy) is 1. The third-order valence-corrected chi connectivity index (χ3v) is 5.45. The fourth-order valence-electron chi connectivity index (χ4n) is 2.65. The maximum atomic E-state index is 11.6. The van der Waals surface area contributed by atoms with Gasteiger partial charge in [-0.2, -0.15) is 0 Å². The molecule has 0 heterocycles. The van der Waals surface area contributed by atoms with E-state index in [9.17, 15) is 8.42 Å². The van der Waals surface area contributed by atoms with E-state index in [1.54, 1.807) is 0 Å². The quantitative estimate of drug-likeness (QED) is 0.902. The first-order chi connectivity index (χ1) is 9.49. The number of hydrogen-bond donors (Lipinski definition) is 1. The fourth-order valence-corrected chi connectivity index (χ4v) is 3.81. The molecular formula is C15H22O4S. The molecule has 4 nitrogen and oxygen atoms in total. The monoisotopic (exact) mass is 298 g/mol. The summed E-state index contributed by atoms with van der Waals surface area (Å²) in [5, 5.41) is 8.60. The van der Waals surface area contributed by atoms with E-state index in [-0.39, 0.29) is 18.0 Å². The highest BCUT2D eigenvalue weighted by molar-refractivity contribution is 7.91. The van der Waals surface area contributed by atoms with Crippen molar-refractivity contribution in [2.24, 2.45) is 0 Å². The van der Waals surface area contributed by atoms with Gasteiger partial charge in [-0.15, -0.1) is 0 Å². The lowest BCUT2D eigenvalue weighted by Gasteiger charge is -2.28. The van der Waals surface area contributed by atoms with Crippen molar-refractivity contribution in [3.05, 3.63) is 29.8 Å². The molecule has 1 fully saturated rings. The molecule has 1 aromatic carbocycles. The average molecular weight is 298 g/mol. The first kappa shape index (κ1) is 15.3. The lowest BCUT2D eigenvalue weighted by Crippen LogP contribution is -2.33. The first-order valence-electron chi connectivity index (χ1n) is 7.04. The second-order valence-corrected chi connectivity index (χ2v) is 7.80. The summed E-state index contributed by atoms with van der Waals surface area (Å²) in [6.45, 7) is 0.138. The molecule has 0 bridgehead atoms. The van der Waals surface area contributed by atoms with Crippen molar-refractivity contribution >= 4 is 9.84 Å². The molecule has 20 heavy (non-hydrogen) atoms. The topological polar surface area (TPSA) is 63.6 Å². The van der Waals surface area contributed by atoms with Crippen LogP contribution >= 0.6 is 0 Å². The van der Waals surface area contributed by atoms with Crippen LogP contribution in [0.15, 0.2) is 24.3 Å². The van der Waals surface area contributed by atoms with Crippen LogP contribution in [-0.4, -0.2) is 37.7 Å². The highest BCUT2D eigenvalue weighted by atomic mass is 32.2. The van der Waals surface area contributed by atoms with Crippen molar-refractivity contribution in [3.63, 3.8) is 0 Å². The van der Waals surface area contributed by atoms with Gasteiger partial charge in [0.1, 0.15) is 15.6 Å². The van der Waals surface area contributed by atoms with Gasteiger partial charge >= 0.3 is 0 Å². The predicted molar refractivity (Wildman–Crippen MR) is 78.7 cm³/mol. The third kappa shape index (κ3) is 4.21. The highest BCUT2D eigenvalue weighted by Gasteiger charge is 2.29. The Labute approximate surface area is 120 Å². The summed E-state index contributed by atoms with van der Waals surface area (Å²) < 4.78 is 29.1. The summed E-state index contributed by atoms with van der Waals surface area (Å²) in [5.74, 6) is 0.769. The van der Waals surface area contributed by atoms with Gasteiger partial charge in [0, 0.05) is 19.3 Å². The van der Waals surface area contributed by atoms with Gasteiger partial charge in [-0.1, -0.05) is 12.1 Å². The SMILES string of the molecule is CS(=O)(=O)C1CCCC(Oc2ccc(CCO)cc2)C1. The summed E-state index contributed by atoms with van der Waals surface area (Å²) in [6, 6.07) is 7.63. The van der Waals surface area contributed by atoms with Crippen molar-refractivity contribution in [2.45, 2.75) is 43.5 Å². The molecule has 1 saturated carbocycles. The molecule has 112 valence electrons. The summed E-state index contributed by atoms with van der Waals surface area (Å²) in [4.78, 5) is 0. The van der Waals surface area contributed by atoms with Gasteiger partial charge in [-0.05, 0) is 43.4 Å². The predicted octanol–water partition coefficient (Wildman–Crippen LogP) is 1.96. The molecule has 0 spiro atoms. The lowest BCUT2D eigenvalue weighted by atomic mass is 9.97. The van der Waals surface area contributed by atoms with E-state index in [1.807, 2.05) is 24.3 Å². The maximum Gasteiger partial charge on any atom is 0.150 e. The molecule has 0 aliphatic heterocycles. The van der Waals surface area contributed by atoms with E-state index in [1.165, 1.54) is 6.26 Å². The first-order valence-corrected chi connectivity index (χ1v) is 9.00. The highest BCUT2D eigenvalue weighted by Crippen LogP contribution is 2.27. The number of rotatable bonds is 5. The van der Waals surface area contributed by atoms with Crippen LogP contribution in [0.4, 0.5) is 0 Å². The van der Waals surface area contributed by atoms with Crippen LogP contribution in [0.2, 0.25) is 0 Å². The zero-order valence-electron chi connectivity index (χ0n) is 11.8. The molecular weight excluding hydrogens is 276 g/mol. The molecule has 1 N–H and O–H groups in total. The Kier molecular flexibility index (Phi) is 5.05. The van der Waals surface area contributed by atoms with Gasteiger partial charge in [0.05, 0.1) is 11.4 Å². The number of benzene rings is 1. The molecule has 0 saturated heterocycles. The van der Waals surface area contributed by atoms with Crippen LogP contribution in [0.1, 0.15) is 31.2 Å². The molecule has 0 radical (unpaired) electrons. The van der Waals surface area contributed by atoms with E-state index in [2.05, 4.69) is 0 Å². The van der Waals surface area contributed by atoms with Crippen LogP contribution in [-0.2, 0) is 16.3 Å². The van der Waals surface area contributed by atoms with E-state index < -0.39 is 9.84 Å². The van der Waals surface area contributed by atoms with Gasteiger partial charge in [0.25, 0.3) is 0 Å². The molecule has 5 heteroatoms. The molecule has 0 aromatic heterocycles. The average Bonchev–Trinajstić information content (AvgIpc) is 2.41. The maximum absolute atomic E-state index is 11.6. The Balaban J connectivity index is 1.95. The smallest absolute Gasteiger partial charge is 0.150 e. The normalized spacial score (nSPS) is 23.5. The minimum atomic E-state index is -2.97. The van der Waals surface area contributed by atoms with Gasteiger partial charge in [0.15, 0.2) is 0 Å². The third-order valence-electron chi connectivity index (χ3n) is 3.81. The van der Waals surface area contributed by atoms with Crippen molar-refractivity contribution in [1.29, 1.82) is 0 Å². The van der Waals surface area contributed by atoms with Crippen molar-refractivity contribution in [2.75, 3.05) is 12.9 Å². The minimum Gasteiger partial charge on any atom is -0.490 e. The van der Waals surface area contributed by atoms with E-state index >= 15 is 0 Å². The summed E-state index contributed by atoms with van der Waals surface area (Å²) in [6.07, 6.45) is 5.05. The van der Waals surface area contributed by atoms with Gasteiger partial charge in [0.2, 0.25) is 0 Å². The van der Waals surface area contributed by atoms with Crippen LogP contribution in [0.5, 0.6) is 5.75 Å². The summed E-state index contributed by atoms with van der Waals surface area (Å²) in [7, 11) is -2.97. The molecule has 0 amide bonds. The van der Waals surface area contributed by atoms with E-state index in [0.29, 0.717) is 12.8 Å². The second-order valence-electron chi connectivity index (χ2n) is 5.48. The van der Waals surface area contributed by atoms with Gasteiger partial charge < -0.3 is 9.84 Å². The fraction of sp³-hybridized carbons (Fsp3) is 0.600. The zero-order valence-corrected chi connectivity index (χ0v) is 12.6. The molecule has 2 atom stereocenters. The standard InChI is InChI=1S/C15H22O4S/c1-20(17,18)15-4-2-3-14(11-15)19-13-7-5-12(6-8-13)9-10-16/h5-8,14-16H,2-4,9-11H2,1H3. The number of hydrogen-bond acceptors (Lipinski definition) is 4. The Morgan fingerprint density at radius 2 is 1.95 bits per heavy atom. The van der Waals surface area contributed by atoms with E-state index in [0.717, 1.165) is 30.6 Å². The number of sulfone groups is 1. The van der Waals surface area contributed by atoms with Crippen molar-refractivity contribution in [3.8, 4) is 5.75 Å². The molecule has 1 aromatic rings. The van der Waals surface area contributed by atoms with E-state index in [4.69, 9.17) is 9.84 Å². The largest absolute Gasteiger partial charge is 0.490 e. The Morgan fingerprint density at radius 1 is 1.25 bits per heavy atom. The Hall–Kier alpha value is -1.07. The van der Waals surface area contributed by atoms with Crippen molar-refractivity contribution < 1.29 is 18.3 Å². The number of aliphatic hydroxyl groups is 1. The molecule has 2 unspecified atom stereocenters. The minimum absolute atomic E-state index is 0.0211. The summed E-state index contributed by atoms with van der Waals surface area (Å²) in [5.41, 5.74) is 1.07. The van der Waals surface area contributed by atoms with Crippen molar-refractivity contribution in [1.82, 2.24) is 0 Å². The zero-order chi connectivity index (χ0) is 14.6. The second kappa shape index (κ2) is 6.59. The Bertz CT molecular complexity index is 521. The molecule has 2 rings (SSSR count). The number of aliphatic hydroxyl groups excluding tert-OH is 1. The van der Waals surface area contributed by atoms with Crippen LogP contribution < -0.4 is 4.74 Å².